The van der Waals surface area contributed by atoms with Crippen LogP contribution in [0, 0.1) is 5.92 Å². The van der Waals surface area contributed by atoms with E-state index in [-0.39, 0.29) is 23.5 Å². The molecule has 1 saturated heterocycles. The first kappa shape index (κ1) is 23.3. The van der Waals surface area contributed by atoms with Crippen LogP contribution in [0.5, 0.6) is 11.5 Å². The van der Waals surface area contributed by atoms with Gasteiger partial charge >= 0.3 is 5.97 Å². The zero-order chi connectivity index (χ0) is 25.0. The van der Waals surface area contributed by atoms with Crippen molar-refractivity contribution < 1.29 is 24.2 Å². The van der Waals surface area contributed by atoms with Crippen molar-refractivity contribution >= 4 is 18.0 Å². The Bertz CT molecular complexity index is 1230. The van der Waals surface area contributed by atoms with Gasteiger partial charge in [-0.15, -0.1) is 0 Å². The van der Waals surface area contributed by atoms with Crippen molar-refractivity contribution in [2.75, 3.05) is 27.2 Å². The van der Waals surface area contributed by atoms with Crippen LogP contribution < -0.4 is 9.47 Å². The Kier molecular flexibility index (Phi) is 5.65. The van der Waals surface area contributed by atoms with Gasteiger partial charge in [-0.05, 0) is 68.5 Å². The molecule has 0 radical (unpaired) electrons. The number of hydrogen-bond acceptors (Lipinski definition) is 6. The molecule has 7 heteroatoms. The summed E-state index contributed by atoms with van der Waals surface area (Å²) in [5, 5.41) is 9.27. The number of benzene rings is 2. The minimum absolute atomic E-state index is 0.0503. The van der Waals surface area contributed by atoms with Crippen molar-refractivity contribution in [3.63, 3.8) is 0 Å². The first-order valence-corrected chi connectivity index (χ1v) is 12.8. The Morgan fingerprint density at radius 1 is 1.22 bits per heavy atom. The molecule has 1 N–H and O–H groups in total. The first-order valence-electron chi connectivity index (χ1n) is 12.8. The van der Waals surface area contributed by atoms with E-state index in [0.717, 1.165) is 43.4 Å². The van der Waals surface area contributed by atoms with E-state index in [1.54, 1.807) is 12.1 Å². The van der Waals surface area contributed by atoms with Crippen LogP contribution >= 0.6 is 0 Å². The molecule has 6 rings (SSSR count). The molecule has 2 aliphatic heterocycles. The number of rotatable bonds is 5. The number of piperidine rings is 1. The molecular formula is C29H32N2O5. The molecule has 2 aliphatic carbocycles. The number of aliphatic hydroxyl groups excluding tert-OH is 1. The van der Waals surface area contributed by atoms with Gasteiger partial charge in [0.2, 0.25) is 5.91 Å². The van der Waals surface area contributed by atoms with E-state index >= 15 is 0 Å². The van der Waals surface area contributed by atoms with Gasteiger partial charge in [0.05, 0.1) is 6.04 Å². The smallest absolute Gasteiger partial charge is 0.337 e. The Morgan fingerprint density at radius 3 is 2.81 bits per heavy atom. The maximum absolute atomic E-state index is 13.3. The van der Waals surface area contributed by atoms with Crippen LogP contribution in [-0.2, 0) is 21.4 Å². The number of carbonyl (C=O) groups excluding carboxylic acids is 2. The van der Waals surface area contributed by atoms with Gasteiger partial charge in [0.15, 0.2) is 11.5 Å². The van der Waals surface area contributed by atoms with Crippen molar-refractivity contribution in [2.24, 2.45) is 5.92 Å². The van der Waals surface area contributed by atoms with Crippen LogP contribution in [0.4, 0.5) is 0 Å². The summed E-state index contributed by atoms with van der Waals surface area (Å²) < 4.78 is 12.2. The van der Waals surface area contributed by atoms with Gasteiger partial charge in [0.1, 0.15) is 12.7 Å². The predicted molar refractivity (Wildman–Crippen MR) is 135 cm³/mol. The molecule has 0 aromatic heterocycles. The third-order valence-corrected chi connectivity index (χ3v) is 8.96. The number of aliphatic hydroxyl groups is 1. The van der Waals surface area contributed by atoms with E-state index in [2.05, 4.69) is 18.0 Å². The molecule has 2 unspecified atom stereocenters. The number of ether oxygens (including phenoxy) is 2. The zero-order valence-electron chi connectivity index (χ0n) is 20.7. The Morgan fingerprint density at radius 2 is 2.03 bits per heavy atom. The Hall–Kier alpha value is -3.16. The van der Waals surface area contributed by atoms with Crippen LogP contribution in [0.25, 0.3) is 6.08 Å². The predicted octanol–water partition coefficient (Wildman–Crippen LogP) is 2.79. The maximum atomic E-state index is 13.3. The number of likely N-dealkylation sites (tertiary alicyclic amines) is 1. The number of nitrogens with zero attached hydrogens (tertiary/aromatic N) is 2. The van der Waals surface area contributed by atoms with Crippen molar-refractivity contribution in [3.8, 4) is 11.5 Å². The average molecular weight is 489 g/mol. The first-order chi connectivity index (χ1) is 17.4. The zero-order valence-corrected chi connectivity index (χ0v) is 20.7. The third-order valence-electron chi connectivity index (χ3n) is 8.96. The number of esters is 1. The lowest BCUT2D eigenvalue weighted by atomic mass is 9.51. The quantitative estimate of drug-likeness (QED) is 0.396. The lowest BCUT2D eigenvalue weighted by molar-refractivity contribution is -0.137. The molecule has 36 heavy (non-hydrogen) atoms. The fourth-order valence-corrected chi connectivity index (χ4v) is 7.34. The highest BCUT2D eigenvalue weighted by Gasteiger charge is 2.66. The second-order valence-corrected chi connectivity index (χ2v) is 10.6. The van der Waals surface area contributed by atoms with Crippen molar-refractivity contribution in [1.29, 1.82) is 0 Å². The molecule has 4 aliphatic rings. The maximum Gasteiger partial charge on any atom is 0.337 e. The fraction of sp³-hybridized carbons (Fsp3) is 0.448. The lowest BCUT2D eigenvalue weighted by Gasteiger charge is -2.59. The molecule has 7 nitrogen and oxygen atoms in total. The monoisotopic (exact) mass is 488 g/mol. The largest absolute Gasteiger partial charge is 0.483 e. The normalized spacial score (nSPS) is 30.0. The van der Waals surface area contributed by atoms with E-state index in [0.29, 0.717) is 23.5 Å². The van der Waals surface area contributed by atoms with E-state index in [9.17, 15) is 14.7 Å². The fourth-order valence-electron chi connectivity index (χ4n) is 7.34. The summed E-state index contributed by atoms with van der Waals surface area (Å²) in [4.78, 5) is 29.6. The van der Waals surface area contributed by atoms with Crippen LogP contribution in [0.15, 0.2) is 48.5 Å². The summed E-state index contributed by atoms with van der Waals surface area (Å²) in [6.07, 6.45) is 7.02. The third kappa shape index (κ3) is 3.40. The van der Waals surface area contributed by atoms with Gasteiger partial charge in [0, 0.05) is 30.1 Å². The summed E-state index contributed by atoms with van der Waals surface area (Å²) in [6, 6.07) is 14.0. The van der Waals surface area contributed by atoms with Crippen LogP contribution in [0.1, 0.15) is 36.0 Å². The molecule has 1 amide bonds. The highest BCUT2D eigenvalue weighted by atomic mass is 16.6. The molecule has 5 atom stereocenters. The minimum Gasteiger partial charge on any atom is -0.483 e. The van der Waals surface area contributed by atoms with Crippen molar-refractivity contribution in [2.45, 2.75) is 49.3 Å². The van der Waals surface area contributed by atoms with Gasteiger partial charge in [-0.1, -0.05) is 36.4 Å². The van der Waals surface area contributed by atoms with Crippen LogP contribution in [0.2, 0.25) is 0 Å². The number of amides is 1. The van der Waals surface area contributed by atoms with E-state index < -0.39 is 12.6 Å². The highest BCUT2D eigenvalue weighted by Crippen LogP contribution is 2.64. The van der Waals surface area contributed by atoms with Crippen LogP contribution in [-0.4, -0.2) is 72.2 Å². The standard InChI is InChI=1S/C29H32N2O5/c1-30-15-14-29-20-10-11-21(31(2)24(33)13-8-18-6-4-3-5-7-18)28(29)36-27-23(35-25(34)17-32)12-9-19(26(27)29)16-22(20)30/h3-9,12-13,20-22,28,32H,10-11,14-17H2,1-2H3/b13-8+/t20-,21?,22+,28?,29-/m0/s1. The van der Waals surface area contributed by atoms with E-state index in [4.69, 9.17) is 9.47 Å². The van der Waals surface area contributed by atoms with E-state index in [1.807, 2.05) is 48.4 Å². The Labute approximate surface area is 211 Å². The van der Waals surface area contributed by atoms with Crippen LogP contribution in [0.3, 0.4) is 0 Å². The van der Waals surface area contributed by atoms with E-state index in [1.165, 1.54) is 5.56 Å². The molecule has 1 saturated carbocycles. The molecule has 2 heterocycles. The molecule has 1 spiro atoms. The number of likely N-dealkylation sites (N-methyl/N-ethyl adjacent to an activating group) is 2. The molecule has 188 valence electrons. The minimum atomic E-state index is -0.703. The van der Waals surface area contributed by atoms with Gasteiger partial charge < -0.3 is 24.4 Å². The van der Waals surface area contributed by atoms with Crippen molar-refractivity contribution in [1.82, 2.24) is 9.80 Å². The number of carbonyl (C=O) groups is 2. The molecule has 2 fully saturated rings. The lowest BCUT2D eigenvalue weighted by Crippen LogP contribution is -2.68. The summed E-state index contributed by atoms with van der Waals surface area (Å²) in [5.41, 5.74) is 3.16. The second-order valence-electron chi connectivity index (χ2n) is 10.6. The summed E-state index contributed by atoms with van der Waals surface area (Å²) in [7, 11) is 4.08. The molecule has 2 bridgehead atoms. The summed E-state index contributed by atoms with van der Waals surface area (Å²) >= 11 is 0. The topological polar surface area (TPSA) is 79.3 Å². The SMILES string of the molecule is CN(C(=O)/C=C/c1ccccc1)C1CC[C@H]2[C@H]3Cc4ccc(OC(=O)CO)c5c4[C@@]2(CCN3C)C1O5. The second kappa shape index (κ2) is 8.75. The van der Waals surface area contributed by atoms with Gasteiger partial charge in [-0.25, -0.2) is 4.79 Å². The summed E-state index contributed by atoms with van der Waals surface area (Å²) in [6.45, 7) is 0.271. The molecule has 2 aromatic carbocycles. The van der Waals surface area contributed by atoms with Gasteiger partial charge in [-0.2, -0.15) is 0 Å². The highest BCUT2D eigenvalue weighted by molar-refractivity contribution is 5.92. The summed E-state index contributed by atoms with van der Waals surface area (Å²) in [5.74, 6) is 0.652. The number of hydrogen-bond donors (Lipinski definition) is 1. The Balaban J connectivity index is 1.38. The average Bonchev–Trinajstić information content (AvgIpc) is 3.25. The van der Waals surface area contributed by atoms with Gasteiger partial charge in [0.25, 0.3) is 0 Å². The van der Waals surface area contributed by atoms with Gasteiger partial charge in [-0.3, -0.25) is 4.79 Å². The molecule has 2 aromatic rings. The molecular weight excluding hydrogens is 456 g/mol. The van der Waals surface area contributed by atoms with Crippen molar-refractivity contribution in [3.05, 3.63) is 65.2 Å².